The third-order valence-electron chi connectivity index (χ3n) is 6.89. The Kier molecular flexibility index (Phi) is 10.5. The SMILES string of the molecule is CC(C)(C)OC(=O)NC(Cc1ccccc1)C(CC(Cc1ccccc1)C(=O)O)O[Si](C)(C)C(C)(C)C. The number of hydrogen-bond acceptors (Lipinski definition) is 4. The number of rotatable bonds is 11. The molecule has 6 nitrogen and oxygen atoms in total. The van der Waals surface area contributed by atoms with E-state index in [9.17, 15) is 14.7 Å². The van der Waals surface area contributed by atoms with Crippen molar-refractivity contribution in [2.24, 2.45) is 5.92 Å². The van der Waals surface area contributed by atoms with E-state index < -0.39 is 44.0 Å². The minimum Gasteiger partial charge on any atom is -0.481 e. The van der Waals surface area contributed by atoms with Gasteiger partial charge in [-0.1, -0.05) is 81.4 Å². The number of carbonyl (C=O) groups excluding carboxylic acids is 1. The van der Waals surface area contributed by atoms with Crippen molar-refractivity contribution in [1.29, 1.82) is 0 Å². The van der Waals surface area contributed by atoms with Gasteiger partial charge in [0, 0.05) is 0 Å². The highest BCUT2D eigenvalue weighted by molar-refractivity contribution is 6.74. The van der Waals surface area contributed by atoms with E-state index in [0.29, 0.717) is 12.8 Å². The van der Waals surface area contributed by atoms with Crippen LogP contribution in [0.15, 0.2) is 60.7 Å². The Morgan fingerprint density at radius 2 is 1.35 bits per heavy atom. The van der Waals surface area contributed by atoms with Gasteiger partial charge in [-0.2, -0.15) is 0 Å². The topological polar surface area (TPSA) is 84.9 Å². The predicted molar refractivity (Wildman–Crippen MR) is 151 cm³/mol. The molecule has 0 radical (unpaired) electrons. The Morgan fingerprint density at radius 3 is 1.78 bits per heavy atom. The van der Waals surface area contributed by atoms with Crippen molar-refractivity contribution in [3.8, 4) is 0 Å². The summed E-state index contributed by atoms with van der Waals surface area (Å²) in [5.41, 5.74) is 1.33. The van der Waals surface area contributed by atoms with Crippen LogP contribution in [0, 0.1) is 5.92 Å². The Hall–Kier alpha value is -2.64. The first kappa shape index (κ1) is 30.6. The molecule has 0 saturated carbocycles. The van der Waals surface area contributed by atoms with Gasteiger partial charge in [-0.25, -0.2) is 4.79 Å². The fourth-order valence-corrected chi connectivity index (χ4v) is 5.27. The van der Waals surface area contributed by atoms with Crippen molar-refractivity contribution in [3.63, 3.8) is 0 Å². The van der Waals surface area contributed by atoms with Crippen LogP contribution in [0.4, 0.5) is 4.79 Å². The van der Waals surface area contributed by atoms with Gasteiger partial charge in [0.1, 0.15) is 5.60 Å². The average molecular weight is 528 g/mol. The Labute approximate surface area is 223 Å². The standard InChI is InChI=1S/C30H45NO5Si/c1-29(2,3)35-28(34)31-25(20-23-17-13-10-14-18-23)26(36-37(7,8)30(4,5)6)21-24(27(32)33)19-22-15-11-9-12-16-22/h9-18,24-26H,19-21H2,1-8H3,(H,31,34)(H,32,33). The van der Waals surface area contributed by atoms with Crippen molar-refractivity contribution in [2.75, 3.05) is 0 Å². The lowest BCUT2D eigenvalue weighted by Gasteiger charge is -2.42. The molecule has 0 bridgehead atoms. The van der Waals surface area contributed by atoms with Crippen molar-refractivity contribution in [1.82, 2.24) is 5.32 Å². The monoisotopic (exact) mass is 527 g/mol. The van der Waals surface area contributed by atoms with Gasteiger partial charge in [0.05, 0.1) is 18.1 Å². The summed E-state index contributed by atoms with van der Waals surface area (Å²) in [4.78, 5) is 25.4. The number of alkyl carbamates (subject to hydrolysis) is 1. The molecule has 0 heterocycles. The van der Waals surface area contributed by atoms with Crippen LogP contribution in [0.3, 0.4) is 0 Å². The van der Waals surface area contributed by atoms with Gasteiger partial charge >= 0.3 is 12.1 Å². The quantitative estimate of drug-likeness (QED) is 0.312. The second-order valence-corrected chi connectivity index (χ2v) is 17.1. The Bertz CT molecular complexity index is 996. The molecule has 3 atom stereocenters. The fourth-order valence-electron chi connectivity index (χ4n) is 3.90. The summed E-state index contributed by atoms with van der Waals surface area (Å²) in [6.45, 7) is 16.2. The molecule has 3 unspecified atom stereocenters. The summed E-state index contributed by atoms with van der Waals surface area (Å²) in [7, 11) is -2.32. The summed E-state index contributed by atoms with van der Waals surface area (Å²) in [6, 6.07) is 19.0. The first-order valence-electron chi connectivity index (χ1n) is 13.1. The van der Waals surface area contributed by atoms with Gasteiger partial charge < -0.3 is 19.6 Å². The number of hydrogen-bond donors (Lipinski definition) is 2. The molecule has 0 saturated heterocycles. The maximum absolute atomic E-state index is 12.9. The lowest BCUT2D eigenvalue weighted by atomic mass is 9.89. The molecule has 2 N–H and O–H groups in total. The van der Waals surface area contributed by atoms with Crippen LogP contribution in [0.25, 0.3) is 0 Å². The van der Waals surface area contributed by atoms with Crippen LogP contribution in [0.2, 0.25) is 18.1 Å². The highest BCUT2D eigenvalue weighted by atomic mass is 28.4. The smallest absolute Gasteiger partial charge is 0.407 e. The first-order valence-corrected chi connectivity index (χ1v) is 16.0. The summed E-state index contributed by atoms with van der Waals surface area (Å²) in [5, 5.41) is 13.1. The van der Waals surface area contributed by atoms with Gasteiger partial charge in [0.15, 0.2) is 8.32 Å². The third kappa shape index (κ3) is 10.3. The molecule has 2 aromatic rings. The van der Waals surface area contributed by atoms with E-state index in [0.717, 1.165) is 11.1 Å². The molecular weight excluding hydrogens is 482 g/mol. The summed E-state index contributed by atoms with van der Waals surface area (Å²) in [5.74, 6) is -1.54. The lowest BCUT2D eigenvalue weighted by molar-refractivity contribution is -0.142. The molecule has 1 amide bonds. The molecule has 0 aliphatic rings. The van der Waals surface area contributed by atoms with Gasteiger partial charge in [0.25, 0.3) is 0 Å². The molecule has 0 aromatic heterocycles. The fraction of sp³-hybridized carbons (Fsp3) is 0.533. The normalized spacial score (nSPS) is 14.9. The van der Waals surface area contributed by atoms with Gasteiger partial charge in [-0.15, -0.1) is 0 Å². The number of aliphatic carboxylic acids is 1. The van der Waals surface area contributed by atoms with Crippen LogP contribution in [-0.2, 0) is 26.8 Å². The van der Waals surface area contributed by atoms with E-state index in [4.69, 9.17) is 9.16 Å². The lowest BCUT2D eigenvalue weighted by Crippen LogP contribution is -2.54. The van der Waals surface area contributed by atoms with Crippen LogP contribution in [-0.4, -0.2) is 43.2 Å². The molecule has 2 rings (SSSR count). The molecular formula is C30H45NO5Si. The summed E-state index contributed by atoms with van der Waals surface area (Å²) < 4.78 is 12.5. The van der Waals surface area contributed by atoms with Crippen molar-refractivity contribution in [3.05, 3.63) is 71.8 Å². The number of amides is 1. The molecule has 0 aliphatic heterocycles. The zero-order chi connectivity index (χ0) is 27.9. The highest BCUT2D eigenvalue weighted by Crippen LogP contribution is 2.39. The van der Waals surface area contributed by atoms with Gasteiger partial charge in [-0.3, -0.25) is 4.79 Å². The number of carboxylic acid groups (broad SMARTS) is 1. The third-order valence-corrected chi connectivity index (χ3v) is 11.4. The second-order valence-electron chi connectivity index (χ2n) is 12.3. The number of benzene rings is 2. The minimum absolute atomic E-state index is 0.0907. The number of nitrogens with one attached hydrogen (secondary N) is 1. The molecule has 0 spiro atoms. The average Bonchev–Trinajstić information content (AvgIpc) is 2.77. The summed E-state index contributed by atoms with van der Waals surface area (Å²) >= 11 is 0. The zero-order valence-corrected chi connectivity index (χ0v) is 24.7. The van der Waals surface area contributed by atoms with Crippen molar-refractivity contribution in [2.45, 2.75) is 96.7 Å². The number of carboxylic acids is 1. The van der Waals surface area contributed by atoms with Crippen LogP contribution in [0.5, 0.6) is 0 Å². The van der Waals surface area contributed by atoms with Crippen LogP contribution >= 0.6 is 0 Å². The van der Waals surface area contributed by atoms with E-state index in [1.165, 1.54) is 0 Å². The number of ether oxygens (including phenoxy) is 1. The zero-order valence-electron chi connectivity index (χ0n) is 23.7. The maximum Gasteiger partial charge on any atom is 0.407 e. The largest absolute Gasteiger partial charge is 0.481 e. The van der Waals surface area contributed by atoms with E-state index in [-0.39, 0.29) is 11.5 Å². The predicted octanol–water partition coefficient (Wildman–Crippen LogP) is 6.85. The second kappa shape index (κ2) is 12.7. The van der Waals surface area contributed by atoms with Gasteiger partial charge in [-0.05, 0) is 69.3 Å². The van der Waals surface area contributed by atoms with E-state index >= 15 is 0 Å². The van der Waals surface area contributed by atoms with E-state index in [2.05, 4.69) is 39.2 Å². The molecule has 0 aliphatic carbocycles. The minimum atomic E-state index is -2.32. The highest BCUT2D eigenvalue weighted by Gasteiger charge is 2.42. The van der Waals surface area contributed by atoms with Crippen LogP contribution in [0.1, 0.15) is 59.1 Å². The van der Waals surface area contributed by atoms with Crippen molar-refractivity contribution < 1.29 is 23.9 Å². The molecule has 37 heavy (non-hydrogen) atoms. The van der Waals surface area contributed by atoms with E-state index in [1.807, 2.05) is 81.4 Å². The Morgan fingerprint density at radius 1 is 0.865 bits per heavy atom. The number of carbonyl (C=O) groups is 2. The van der Waals surface area contributed by atoms with E-state index in [1.54, 1.807) is 0 Å². The molecule has 7 heteroatoms. The van der Waals surface area contributed by atoms with Gasteiger partial charge in [0.2, 0.25) is 0 Å². The van der Waals surface area contributed by atoms with Crippen molar-refractivity contribution >= 4 is 20.4 Å². The Balaban J connectivity index is 2.46. The molecule has 2 aromatic carbocycles. The first-order chi connectivity index (χ1) is 17.1. The summed E-state index contributed by atoms with van der Waals surface area (Å²) in [6.07, 6.45) is 0.102. The van der Waals surface area contributed by atoms with Crippen LogP contribution < -0.4 is 5.32 Å². The molecule has 0 fully saturated rings. The maximum atomic E-state index is 12.9. The molecule has 204 valence electrons.